The van der Waals surface area contributed by atoms with E-state index in [1.54, 1.807) is 0 Å². The molecule has 0 saturated carbocycles. The molecule has 0 spiro atoms. The number of fused-ring (bicyclic) bond motifs is 1. The van der Waals surface area contributed by atoms with Gasteiger partial charge in [-0.15, -0.1) is 11.6 Å². The second-order valence-corrected chi connectivity index (χ2v) is 6.70. The molecule has 0 saturated heterocycles. The zero-order chi connectivity index (χ0) is 13.2. The van der Waals surface area contributed by atoms with Crippen molar-refractivity contribution in [1.29, 1.82) is 0 Å². The molecule has 0 N–H and O–H groups in total. The summed E-state index contributed by atoms with van der Waals surface area (Å²) in [5.74, 6) is 0. The van der Waals surface area contributed by atoms with Crippen molar-refractivity contribution in [2.24, 2.45) is 5.41 Å². The fraction of sp³-hybridized carbons (Fsp3) is 0.412. The molecule has 96 valence electrons. The van der Waals surface area contributed by atoms with E-state index in [1.165, 1.54) is 16.3 Å². The third-order valence-electron chi connectivity index (χ3n) is 3.28. The van der Waals surface area contributed by atoms with Crippen LogP contribution in [0.15, 0.2) is 42.5 Å². The average Bonchev–Trinajstić information content (AvgIpc) is 2.34. The molecular weight excluding hydrogens is 240 g/mol. The molecule has 0 radical (unpaired) electrons. The summed E-state index contributed by atoms with van der Waals surface area (Å²) < 4.78 is 0. The fourth-order valence-corrected chi connectivity index (χ4v) is 2.37. The topological polar surface area (TPSA) is 0 Å². The minimum absolute atomic E-state index is 0.119. The number of rotatable bonds is 3. The largest absolute Gasteiger partial charge is 0.118 e. The number of hydrogen-bond donors (Lipinski definition) is 0. The Balaban J connectivity index is 2.15. The van der Waals surface area contributed by atoms with Crippen LogP contribution < -0.4 is 0 Å². The Labute approximate surface area is 115 Å². The number of hydrogen-bond acceptors (Lipinski definition) is 0. The van der Waals surface area contributed by atoms with Crippen LogP contribution in [0.4, 0.5) is 0 Å². The molecule has 0 aliphatic heterocycles. The maximum atomic E-state index is 6.51. The van der Waals surface area contributed by atoms with E-state index < -0.39 is 0 Å². The molecule has 2 aromatic carbocycles. The second-order valence-electron chi connectivity index (χ2n) is 6.17. The highest BCUT2D eigenvalue weighted by Crippen LogP contribution is 2.32. The first-order valence-corrected chi connectivity index (χ1v) is 7.02. The smallest absolute Gasteiger partial charge is 0.0585 e. The quantitative estimate of drug-likeness (QED) is 0.599. The Kier molecular flexibility index (Phi) is 3.97. The predicted octanol–water partition coefficient (Wildman–Crippen LogP) is 5.95. The van der Waals surface area contributed by atoms with Crippen LogP contribution in [-0.2, 0) is 0 Å². The Morgan fingerprint density at radius 3 is 2.33 bits per heavy atom. The Hall–Kier alpha value is -1.01. The van der Waals surface area contributed by atoms with Crippen molar-refractivity contribution in [1.82, 2.24) is 0 Å². The maximum absolute atomic E-state index is 6.51. The molecule has 0 aromatic heterocycles. The van der Waals surface area contributed by atoms with E-state index in [4.69, 9.17) is 11.6 Å². The van der Waals surface area contributed by atoms with E-state index in [9.17, 15) is 0 Å². The summed E-state index contributed by atoms with van der Waals surface area (Å²) in [5.41, 5.74) is 1.59. The molecule has 0 nitrogen and oxygen atoms in total. The van der Waals surface area contributed by atoms with Crippen molar-refractivity contribution < 1.29 is 0 Å². The first kappa shape index (κ1) is 13.4. The Morgan fingerprint density at radius 2 is 1.67 bits per heavy atom. The standard InChI is InChI=1S/C17H21Cl/c1-17(2,3)11-10-16(18)15-9-8-13-6-4-5-7-14(13)12-15/h4-9,12,16H,10-11H2,1-3H3. The van der Waals surface area contributed by atoms with Crippen molar-refractivity contribution in [2.45, 2.75) is 39.0 Å². The van der Waals surface area contributed by atoms with Crippen LogP contribution in [0.1, 0.15) is 44.6 Å². The zero-order valence-electron chi connectivity index (χ0n) is 11.4. The van der Waals surface area contributed by atoms with Gasteiger partial charge < -0.3 is 0 Å². The molecule has 0 aliphatic rings. The molecule has 0 heterocycles. The molecular formula is C17H21Cl. The lowest BCUT2D eigenvalue weighted by atomic mass is 9.88. The fourth-order valence-electron chi connectivity index (χ4n) is 2.13. The SMILES string of the molecule is CC(C)(C)CCC(Cl)c1ccc2ccccc2c1. The van der Waals surface area contributed by atoms with E-state index in [2.05, 4.69) is 63.2 Å². The molecule has 18 heavy (non-hydrogen) atoms. The van der Waals surface area contributed by atoms with Crippen LogP contribution in [0.25, 0.3) is 10.8 Å². The van der Waals surface area contributed by atoms with Gasteiger partial charge >= 0.3 is 0 Å². The van der Waals surface area contributed by atoms with Crippen LogP contribution in [0, 0.1) is 5.41 Å². The average molecular weight is 261 g/mol. The highest BCUT2D eigenvalue weighted by molar-refractivity contribution is 6.20. The highest BCUT2D eigenvalue weighted by atomic mass is 35.5. The molecule has 0 fully saturated rings. The van der Waals surface area contributed by atoms with Crippen molar-refractivity contribution in [3.05, 3.63) is 48.0 Å². The maximum Gasteiger partial charge on any atom is 0.0585 e. The van der Waals surface area contributed by atoms with Crippen LogP contribution in [-0.4, -0.2) is 0 Å². The summed E-state index contributed by atoms with van der Waals surface area (Å²) in [6, 6.07) is 15.0. The van der Waals surface area contributed by atoms with Crippen molar-refractivity contribution in [3.63, 3.8) is 0 Å². The minimum atomic E-state index is 0.119. The van der Waals surface area contributed by atoms with Gasteiger partial charge in [0.25, 0.3) is 0 Å². The number of benzene rings is 2. The summed E-state index contributed by atoms with van der Waals surface area (Å²) in [6.45, 7) is 6.78. The van der Waals surface area contributed by atoms with E-state index >= 15 is 0 Å². The summed E-state index contributed by atoms with van der Waals surface area (Å²) in [5, 5.41) is 2.67. The van der Waals surface area contributed by atoms with Gasteiger partial charge in [0.2, 0.25) is 0 Å². The number of alkyl halides is 1. The lowest BCUT2D eigenvalue weighted by Crippen LogP contribution is -2.06. The minimum Gasteiger partial charge on any atom is -0.118 e. The first-order chi connectivity index (χ1) is 8.46. The molecule has 2 rings (SSSR count). The van der Waals surface area contributed by atoms with E-state index in [0.29, 0.717) is 5.41 Å². The van der Waals surface area contributed by atoms with Gasteiger partial charge in [0.1, 0.15) is 0 Å². The monoisotopic (exact) mass is 260 g/mol. The van der Waals surface area contributed by atoms with Crippen molar-refractivity contribution >= 4 is 22.4 Å². The molecule has 1 unspecified atom stereocenters. The van der Waals surface area contributed by atoms with Gasteiger partial charge in [0.15, 0.2) is 0 Å². The first-order valence-electron chi connectivity index (χ1n) is 6.58. The molecule has 1 atom stereocenters. The third kappa shape index (κ3) is 3.49. The van der Waals surface area contributed by atoms with E-state index in [0.717, 1.165) is 12.8 Å². The Morgan fingerprint density at radius 1 is 1.00 bits per heavy atom. The molecule has 0 amide bonds. The molecule has 1 heteroatoms. The van der Waals surface area contributed by atoms with Crippen LogP contribution in [0.5, 0.6) is 0 Å². The van der Waals surface area contributed by atoms with E-state index in [1.807, 2.05) is 0 Å². The molecule has 0 aliphatic carbocycles. The predicted molar refractivity (Wildman–Crippen MR) is 81.2 cm³/mol. The van der Waals surface area contributed by atoms with Gasteiger partial charge in [-0.05, 0) is 40.7 Å². The van der Waals surface area contributed by atoms with Gasteiger partial charge in [-0.25, -0.2) is 0 Å². The summed E-state index contributed by atoms with van der Waals surface area (Å²) >= 11 is 6.51. The highest BCUT2D eigenvalue weighted by Gasteiger charge is 2.15. The summed E-state index contributed by atoms with van der Waals surface area (Å²) in [4.78, 5) is 0. The van der Waals surface area contributed by atoms with Crippen molar-refractivity contribution in [3.8, 4) is 0 Å². The Bertz CT molecular complexity index is 522. The van der Waals surface area contributed by atoms with Crippen LogP contribution >= 0.6 is 11.6 Å². The lowest BCUT2D eigenvalue weighted by molar-refractivity contribution is 0.363. The zero-order valence-corrected chi connectivity index (χ0v) is 12.2. The van der Waals surface area contributed by atoms with Crippen molar-refractivity contribution in [2.75, 3.05) is 0 Å². The molecule has 2 aromatic rings. The normalized spacial score (nSPS) is 13.8. The lowest BCUT2D eigenvalue weighted by Gasteiger charge is -2.20. The van der Waals surface area contributed by atoms with Gasteiger partial charge in [-0.3, -0.25) is 0 Å². The summed E-state index contributed by atoms with van der Waals surface area (Å²) in [7, 11) is 0. The van der Waals surface area contributed by atoms with Gasteiger partial charge in [-0.2, -0.15) is 0 Å². The number of halogens is 1. The third-order valence-corrected chi connectivity index (χ3v) is 3.75. The molecule has 0 bridgehead atoms. The van der Waals surface area contributed by atoms with Gasteiger partial charge in [-0.1, -0.05) is 57.2 Å². The van der Waals surface area contributed by atoms with E-state index in [-0.39, 0.29) is 5.38 Å². The van der Waals surface area contributed by atoms with Crippen LogP contribution in [0.3, 0.4) is 0 Å². The van der Waals surface area contributed by atoms with Gasteiger partial charge in [0, 0.05) is 0 Å². The van der Waals surface area contributed by atoms with Crippen LogP contribution in [0.2, 0.25) is 0 Å². The second kappa shape index (κ2) is 5.32. The van der Waals surface area contributed by atoms with Gasteiger partial charge in [0.05, 0.1) is 5.38 Å². The summed E-state index contributed by atoms with van der Waals surface area (Å²) in [6.07, 6.45) is 2.18.